The van der Waals surface area contributed by atoms with Crippen molar-refractivity contribution in [2.75, 3.05) is 26.2 Å². The number of hydrogen-bond donors (Lipinski definition) is 2. The van der Waals surface area contributed by atoms with Crippen molar-refractivity contribution in [3.63, 3.8) is 0 Å². The second-order valence-electron chi connectivity index (χ2n) is 7.63. The average molecular weight is 473 g/mol. The molecule has 0 bridgehead atoms. The highest BCUT2D eigenvalue weighted by atomic mass is 35.5. The summed E-state index contributed by atoms with van der Waals surface area (Å²) < 4.78 is 11.4. The van der Waals surface area contributed by atoms with Crippen LogP contribution in [0.3, 0.4) is 0 Å². The summed E-state index contributed by atoms with van der Waals surface area (Å²) in [4.78, 5) is 15.0. The van der Waals surface area contributed by atoms with E-state index in [-0.39, 0.29) is 39.3 Å². The topological polar surface area (TPSA) is 96.0 Å². The summed E-state index contributed by atoms with van der Waals surface area (Å²) in [5, 5.41) is 24.2. The van der Waals surface area contributed by atoms with Crippen LogP contribution in [-0.2, 0) is 0 Å². The van der Waals surface area contributed by atoms with Crippen LogP contribution >= 0.6 is 11.6 Å². The number of hydrogen-bond acceptors (Lipinski definition) is 7. The molecule has 0 aliphatic heterocycles. The quantitative estimate of drug-likeness (QED) is 0.341. The lowest BCUT2D eigenvalue weighted by molar-refractivity contribution is 0.0973. The molecule has 3 aromatic rings. The van der Waals surface area contributed by atoms with Crippen molar-refractivity contribution in [1.82, 2.24) is 10.1 Å². The number of rotatable bonds is 11. The lowest BCUT2D eigenvalue weighted by Crippen LogP contribution is -2.27. The number of carbonyl (C=O) groups is 1. The van der Waals surface area contributed by atoms with E-state index in [1.165, 1.54) is 6.07 Å². The van der Waals surface area contributed by atoms with Crippen LogP contribution < -0.4 is 4.74 Å². The van der Waals surface area contributed by atoms with Gasteiger partial charge < -0.3 is 24.4 Å². The van der Waals surface area contributed by atoms with Gasteiger partial charge in [0.05, 0.1) is 16.1 Å². The second kappa shape index (κ2) is 11.2. The summed E-state index contributed by atoms with van der Waals surface area (Å²) >= 11 is 6.06. The van der Waals surface area contributed by atoms with E-state index >= 15 is 0 Å². The summed E-state index contributed by atoms with van der Waals surface area (Å²) in [6, 6.07) is 9.81. The summed E-state index contributed by atoms with van der Waals surface area (Å²) in [6.45, 7) is 9.49. The number of benzene rings is 2. The summed E-state index contributed by atoms with van der Waals surface area (Å²) in [5.74, 6) is 0.254. The number of nitrogens with zero attached hydrogens (tertiary/aromatic N) is 2. The third-order valence-electron chi connectivity index (χ3n) is 5.46. The van der Waals surface area contributed by atoms with Crippen LogP contribution in [-0.4, -0.2) is 52.3 Å². The van der Waals surface area contributed by atoms with E-state index in [0.717, 1.165) is 25.7 Å². The number of ketones is 1. The molecule has 0 atom stereocenters. The number of phenols is 2. The lowest BCUT2D eigenvalue weighted by Gasteiger charge is -2.18. The Kier molecular flexibility index (Phi) is 8.36. The molecule has 3 rings (SSSR count). The van der Waals surface area contributed by atoms with E-state index in [1.807, 2.05) is 31.2 Å². The average Bonchev–Trinajstić information content (AvgIpc) is 3.25. The summed E-state index contributed by atoms with van der Waals surface area (Å²) in [5.41, 5.74) is 1.56. The van der Waals surface area contributed by atoms with E-state index in [4.69, 9.17) is 20.9 Å². The first-order chi connectivity index (χ1) is 15.9. The van der Waals surface area contributed by atoms with Crippen LogP contribution in [0, 0.1) is 0 Å². The fourth-order valence-electron chi connectivity index (χ4n) is 3.56. The van der Waals surface area contributed by atoms with Gasteiger partial charge in [-0.1, -0.05) is 49.7 Å². The molecule has 0 fully saturated rings. The maximum absolute atomic E-state index is 12.7. The number of aromatic hydroxyl groups is 2. The fourth-order valence-corrected chi connectivity index (χ4v) is 3.72. The van der Waals surface area contributed by atoms with Crippen LogP contribution in [0.5, 0.6) is 17.2 Å². The number of carbonyl (C=O) groups excluding carboxylic acids is 1. The van der Waals surface area contributed by atoms with Gasteiger partial charge in [0, 0.05) is 19.0 Å². The van der Waals surface area contributed by atoms with Crippen molar-refractivity contribution in [3.8, 4) is 39.7 Å². The number of ether oxygens (including phenoxy) is 1. The molecule has 2 aromatic carbocycles. The smallest absolute Gasteiger partial charge is 0.185 e. The van der Waals surface area contributed by atoms with Crippen molar-refractivity contribution >= 4 is 17.4 Å². The van der Waals surface area contributed by atoms with Gasteiger partial charge in [0.25, 0.3) is 0 Å². The van der Waals surface area contributed by atoms with E-state index < -0.39 is 0 Å². The zero-order chi connectivity index (χ0) is 24.0. The van der Waals surface area contributed by atoms with Crippen molar-refractivity contribution < 1.29 is 24.3 Å². The molecule has 33 heavy (non-hydrogen) atoms. The van der Waals surface area contributed by atoms with Gasteiger partial charge in [0.1, 0.15) is 23.9 Å². The van der Waals surface area contributed by atoms with Gasteiger partial charge >= 0.3 is 0 Å². The van der Waals surface area contributed by atoms with Crippen LogP contribution in [0.2, 0.25) is 5.02 Å². The van der Waals surface area contributed by atoms with E-state index in [1.54, 1.807) is 0 Å². The van der Waals surface area contributed by atoms with Crippen LogP contribution in [0.25, 0.3) is 22.5 Å². The third kappa shape index (κ3) is 5.67. The van der Waals surface area contributed by atoms with Crippen molar-refractivity contribution in [3.05, 3.63) is 47.1 Å². The zero-order valence-corrected chi connectivity index (χ0v) is 19.9. The van der Waals surface area contributed by atoms with E-state index in [9.17, 15) is 15.0 Å². The van der Waals surface area contributed by atoms with Gasteiger partial charge in [-0.25, -0.2) is 0 Å². The van der Waals surface area contributed by atoms with Gasteiger partial charge in [0.15, 0.2) is 17.2 Å². The Balaban J connectivity index is 1.96. The SMILES string of the molecule is CCCC(=O)c1noc(-c2cc(Cl)c(O)cc2O)c1-c1ccc(OCCN(CC)CC)cc1. The largest absolute Gasteiger partial charge is 0.507 e. The van der Waals surface area contributed by atoms with E-state index in [0.29, 0.717) is 36.3 Å². The Hall–Kier alpha value is -3.03. The first kappa shape index (κ1) is 24.6. The number of likely N-dealkylation sites (N-methyl/N-ethyl adjacent to an activating group) is 1. The van der Waals surface area contributed by atoms with Gasteiger partial charge in [-0.3, -0.25) is 4.79 Å². The first-order valence-electron chi connectivity index (χ1n) is 11.1. The maximum Gasteiger partial charge on any atom is 0.185 e. The number of aromatic nitrogens is 1. The molecule has 0 unspecified atom stereocenters. The molecule has 0 radical (unpaired) electrons. The second-order valence-corrected chi connectivity index (χ2v) is 8.04. The number of Topliss-reactive ketones (excluding diaryl/α,β-unsaturated/α-hetero) is 1. The molecule has 2 N–H and O–H groups in total. The molecule has 0 aliphatic rings. The first-order valence-corrected chi connectivity index (χ1v) is 11.5. The summed E-state index contributed by atoms with van der Waals surface area (Å²) in [6.07, 6.45) is 0.976. The lowest BCUT2D eigenvalue weighted by atomic mass is 9.96. The normalized spacial score (nSPS) is 11.2. The van der Waals surface area contributed by atoms with Crippen molar-refractivity contribution in [2.45, 2.75) is 33.6 Å². The minimum Gasteiger partial charge on any atom is -0.507 e. The van der Waals surface area contributed by atoms with Crippen LogP contribution in [0.4, 0.5) is 0 Å². The standard InChI is InChI=1S/C25H29ClN2O5/c1-4-7-20(29)24-23(25(33-27-24)18-14-19(26)22(31)15-21(18)30)16-8-10-17(11-9-16)32-13-12-28(5-2)6-3/h8-11,14-15,30-31H,4-7,12-13H2,1-3H3. The van der Waals surface area contributed by atoms with Gasteiger partial charge in [-0.05, 0) is 43.3 Å². The Morgan fingerprint density at radius 2 is 1.79 bits per heavy atom. The van der Waals surface area contributed by atoms with Crippen molar-refractivity contribution in [2.24, 2.45) is 0 Å². The van der Waals surface area contributed by atoms with Gasteiger partial charge in [-0.15, -0.1) is 0 Å². The highest BCUT2D eigenvalue weighted by Crippen LogP contribution is 2.43. The Morgan fingerprint density at radius 3 is 2.42 bits per heavy atom. The maximum atomic E-state index is 12.7. The molecule has 1 heterocycles. The Morgan fingerprint density at radius 1 is 1.09 bits per heavy atom. The van der Waals surface area contributed by atoms with E-state index in [2.05, 4.69) is 23.9 Å². The molecule has 1 aromatic heterocycles. The molecule has 0 saturated carbocycles. The predicted molar refractivity (Wildman–Crippen MR) is 128 cm³/mol. The number of halogens is 1. The van der Waals surface area contributed by atoms with Gasteiger partial charge in [-0.2, -0.15) is 0 Å². The molecule has 0 spiro atoms. The molecule has 0 saturated heterocycles. The molecule has 8 heteroatoms. The molecule has 0 amide bonds. The zero-order valence-electron chi connectivity index (χ0n) is 19.1. The van der Waals surface area contributed by atoms with Crippen molar-refractivity contribution in [1.29, 1.82) is 0 Å². The molecule has 0 aliphatic carbocycles. The van der Waals surface area contributed by atoms with Crippen LogP contribution in [0.15, 0.2) is 40.9 Å². The highest BCUT2D eigenvalue weighted by Gasteiger charge is 2.26. The molecular formula is C25H29ClN2O5. The third-order valence-corrected chi connectivity index (χ3v) is 5.76. The molecule has 176 valence electrons. The van der Waals surface area contributed by atoms with Crippen LogP contribution in [0.1, 0.15) is 44.1 Å². The Bertz CT molecular complexity index is 1090. The van der Waals surface area contributed by atoms with Gasteiger partial charge in [0.2, 0.25) is 0 Å². The minimum absolute atomic E-state index is 0.0449. The Labute approximate surface area is 198 Å². The minimum atomic E-state index is -0.257. The monoisotopic (exact) mass is 472 g/mol. The molecular weight excluding hydrogens is 444 g/mol. The molecule has 7 nitrogen and oxygen atoms in total. The fraction of sp³-hybridized carbons (Fsp3) is 0.360. The number of phenolic OH excluding ortho intramolecular Hbond substituents is 2. The summed E-state index contributed by atoms with van der Waals surface area (Å²) in [7, 11) is 0. The predicted octanol–water partition coefficient (Wildman–Crippen LogP) is 5.78. The highest BCUT2D eigenvalue weighted by molar-refractivity contribution is 6.32.